The summed E-state index contributed by atoms with van der Waals surface area (Å²) in [5.74, 6) is 0. The third-order valence-corrected chi connectivity index (χ3v) is 23.8. The molecule has 2 atom stereocenters. The van der Waals surface area contributed by atoms with Crippen molar-refractivity contribution in [1.82, 2.24) is 0 Å². The second kappa shape index (κ2) is 6.34. The molecule has 3 aliphatic heterocycles. The first-order valence-electron chi connectivity index (χ1n) is 13.2. The Morgan fingerprint density at radius 2 is 0.727 bits per heavy atom. The van der Waals surface area contributed by atoms with Crippen LogP contribution in [0, 0.1) is 32.5 Å². The molecule has 1 fully saturated rings. The van der Waals surface area contributed by atoms with Gasteiger partial charge in [-0.15, -0.1) is 0 Å². The Balaban J connectivity index is 2.75. The Labute approximate surface area is 209 Å². The van der Waals surface area contributed by atoms with Crippen molar-refractivity contribution in [3.63, 3.8) is 0 Å². The lowest BCUT2D eigenvalue weighted by molar-refractivity contribution is 0.178. The summed E-state index contributed by atoms with van der Waals surface area (Å²) in [6.45, 7) is 43.5. The summed E-state index contributed by atoms with van der Waals surface area (Å²) < 4.78 is 15.2. The molecule has 1 saturated heterocycles. The van der Waals surface area contributed by atoms with Crippen molar-refractivity contribution >= 4 is 16.8 Å². The molecule has 3 aliphatic rings. The van der Waals surface area contributed by atoms with Crippen LogP contribution < -0.4 is 0 Å². The smallest absolute Gasteiger partial charge is 0.294 e. The predicted molar refractivity (Wildman–Crippen MR) is 148 cm³/mol. The van der Waals surface area contributed by atoms with Crippen LogP contribution in [0.2, 0.25) is 9.32 Å². The second-order valence-electron chi connectivity index (χ2n) is 17.6. The van der Waals surface area contributed by atoms with E-state index in [1.807, 2.05) is 0 Å². The fourth-order valence-electron chi connectivity index (χ4n) is 9.25. The average molecular weight is 487 g/mol. The van der Waals surface area contributed by atoms with Gasteiger partial charge in [-0.25, -0.2) is 0 Å². The van der Waals surface area contributed by atoms with E-state index in [-0.39, 0.29) is 41.8 Å². The lowest BCUT2D eigenvalue weighted by Gasteiger charge is -2.91. The summed E-state index contributed by atoms with van der Waals surface area (Å²) in [6, 6.07) is 0. The van der Waals surface area contributed by atoms with Crippen LogP contribution in [-0.2, 0) is 4.46 Å². The van der Waals surface area contributed by atoms with Gasteiger partial charge in [0.25, 0.3) is 8.68 Å². The molecule has 188 valence electrons. The zero-order valence-electron chi connectivity index (χ0n) is 25.4. The molecule has 0 radical (unpaired) electrons. The molecule has 0 unspecified atom stereocenters. The van der Waals surface area contributed by atoms with Gasteiger partial charge < -0.3 is 4.46 Å². The van der Waals surface area contributed by atoms with E-state index < -0.39 is 16.8 Å². The zero-order chi connectivity index (χ0) is 26.4. The molecule has 0 bridgehead atoms. The molecule has 0 aromatic heterocycles. The van der Waals surface area contributed by atoms with Crippen LogP contribution in [0.5, 0.6) is 0 Å². The van der Waals surface area contributed by atoms with E-state index in [0.29, 0.717) is 0 Å². The van der Waals surface area contributed by atoms with Gasteiger partial charge in [0.2, 0.25) is 0 Å². The van der Waals surface area contributed by atoms with Crippen LogP contribution in [0.25, 0.3) is 0 Å². The Morgan fingerprint density at radius 3 is 0.879 bits per heavy atom. The number of hydrogen-bond acceptors (Lipinski definition) is 1. The monoisotopic (exact) mass is 486 g/mol. The Kier molecular flexibility index (Phi) is 5.24. The van der Waals surface area contributed by atoms with Crippen molar-refractivity contribution in [3.8, 4) is 0 Å². The maximum Gasteiger partial charge on any atom is 0.294 e. The Hall–Kier alpha value is -0.286. The molecule has 0 N–H and O–H groups in total. The fourth-order valence-corrected chi connectivity index (χ4v) is 28.5. The fraction of sp³-hybridized carbons (Fsp3) is 0.867. The highest BCUT2D eigenvalue weighted by atomic mass is 28.4. The first kappa shape index (κ1) is 27.3. The first-order valence-corrected chi connectivity index (χ1v) is 16.6. The summed E-state index contributed by atoms with van der Waals surface area (Å²) in [5, 5.41) is 3.52. The van der Waals surface area contributed by atoms with Gasteiger partial charge in [-0.1, -0.05) is 146 Å². The molecule has 33 heavy (non-hydrogen) atoms. The van der Waals surface area contributed by atoms with Gasteiger partial charge in [-0.05, 0) is 32.5 Å². The van der Waals surface area contributed by atoms with Crippen LogP contribution >= 0.6 is 0 Å². The largest absolute Gasteiger partial charge is 0.387 e. The summed E-state index contributed by atoms with van der Waals surface area (Å²) >= 11 is 0. The van der Waals surface area contributed by atoms with Gasteiger partial charge in [-0.2, -0.15) is 0 Å². The van der Waals surface area contributed by atoms with E-state index in [1.165, 1.54) is 0 Å². The van der Waals surface area contributed by atoms with Gasteiger partial charge in [-0.3, -0.25) is 0 Å². The standard InChI is InChI=1S/C30H54OSi2/c1-23(2,3)19-21(25(7,8)9)33-22(26(10,11)12)20(24(4,5)6)30(33,28(16,17)18)32(31)29(19,33)27(13,14)15/h1-18H3/t29-,30-,33?/m0/s1. The first-order chi connectivity index (χ1) is 14.1. The Bertz CT molecular complexity index is 901. The van der Waals surface area contributed by atoms with Gasteiger partial charge in [0.1, 0.15) is 8.07 Å². The molecular weight excluding hydrogens is 433 g/mol. The minimum absolute atomic E-state index is 0.0126. The summed E-state index contributed by atoms with van der Waals surface area (Å²) in [4.78, 5) is 0. The van der Waals surface area contributed by atoms with Crippen LogP contribution in [0.1, 0.15) is 125 Å². The molecule has 1 nitrogen and oxygen atoms in total. The van der Waals surface area contributed by atoms with Crippen molar-refractivity contribution in [2.75, 3.05) is 0 Å². The highest BCUT2D eigenvalue weighted by molar-refractivity contribution is 7.24. The lowest BCUT2D eigenvalue weighted by atomic mass is 9.68. The molecular formula is C30H54OSi2. The number of allylic oxidation sites excluding steroid dienone is 4. The van der Waals surface area contributed by atoms with Crippen molar-refractivity contribution < 1.29 is 4.46 Å². The molecule has 0 aliphatic carbocycles. The quantitative estimate of drug-likeness (QED) is 0.312. The lowest BCUT2D eigenvalue weighted by Crippen LogP contribution is -2.95. The van der Waals surface area contributed by atoms with Crippen LogP contribution in [0.3, 0.4) is 0 Å². The van der Waals surface area contributed by atoms with Crippen molar-refractivity contribution in [2.45, 2.75) is 134 Å². The van der Waals surface area contributed by atoms with E-state index in [0.717, 1.165) is 0 Å². The summed E-state index contributed by atoms with van der Waals surface area (Å²) in [6.07, 6.45) is 0. The van der Waals surface area contributed by atoms with E-state index in [2.05, 4.69) is 125 Å². The van der Waals surface area contributed by atoms with Gasteiger partial charge in [0, 0.05) is 9.32 Å². The third-order valence-electron chi connectivity index (χ3n) is 9.06. The molecule has 0 saturated carbocycles. The second-order valence-corrected chi connectivity index (χ2v) is 24.7. The highest BCUT2D eigenvalue weighted by Crippen LogP contribution is 2.98. The maximum absolute atomic E-state index is 15.4. The van der Waals surface area contributed by atoms with Gasteiger partial charge in [0.15, 0.2) is 0 Å². The van der Waals surface area contributed by atoms with Crippen LogP contribution in [-0.4, -0.2) is 16.8 Å². The minimum atomic E-state index is -2.31. The molecule has 3 heteroatoms. The number of rotatable bonds is 0. The van der Waals surface area contributed by atoms with Crippen LogP contribution in [0.4, 0.5) is 0 Å². The molecule has 0 aromatic carbocycles. The summed E-state index contributed by atoms with van der Waals surface area (Å²) in [5.41, 5.74) is 3.37. The van der Waals surface area contributed by atoms with E-state index in [4.69, 9.17) is 0 Å². The third kappa shape index (κ3) is 2.60. The normalized spacial score (nSPS) is 33.3. The van der Waals surface area contributed by atoms with Crippen LogP contribution in [0.15, 0.2) is 21.5 Å². The molecule has 3 rings (SSSR count). The molecule has 3 heterocycles. The Morgan fingerprint density at radius 1 is 0.485 bits per heavy atom. The molecule has 0 amide bonds. The molecule has 1 spiro atoms. The maximum atomic E-state index is 15.4. The SMILES string of the molecule is CC(C)(C)C1=C(C(C)(C)C)[Si]23C(C(C)(C)C)=C(C(C)(C)C)[C@]2(C(C)(C)C)[Si](=O)[C@@]13C(C)(C)C. The highest BCUT2D eigenvalue weighted by Gasteiger charge is 3.00. The minimum Gasteiger partial charge on any atom is -0.387 e. The van der Waals surface area contributed by atoms with Crippen molar-refractivity contribution in [2.24, 2.45) is 32.5 Å². The van der Waals surface area contributed by atoms with E-state index >= 15 is 4.46 Å². The van der Waals surface area contributed by atoms with Crippen molar-refractivity contribution in [3.05, 3.63) is 21.5 Å². The van der Waals surface area contributed by atoms with E-state index in [9.17, 15) is 0 Å². The molecule has 0 aromatic rings. The van der Waals surface area contributed by atoms with Crippen molar-refractivity contribution in [1.29, 1.82) is 0 Å². The zero-order valence-corrected chi connectivity index (χ0v) is 27.4. The number of hydrogen-bond donors (Lipinski definition) is 0. The average Bonchev–Trinajstić information content (AvgIpc) is 2.35. The van der Waals surface area contributed by atoms with Gasteiger partial charge >= 0.3 is 0 Å². The predicted octanol–water partition coefficient (Wildman–Crippen LogP) is 9.41. The topological polar surface area (TPSA) is 17.1 Å². The van der Waals surface area contributed by atoms with E-state index in [1.54, 1.807) is 21.5 Å². The van der Waals surface area contributed by atoms with Gasteiger partial charge in [0.05, 0.1) is 0 Å². The summed E-state index contributed by atoms with van der Waals surface area (Å²) in [7, 11) is -4.28.